The number of amides is 2. The van der Waals surface area contributed by atoms with Crippen molar-refractivity contribution in [1.29, 1.82) is 0 Å². The number of nitrogens with one attached hydrogen (secondary N) is 1. The maximum atomic E-state index is 14.2. The largest absolute Gasteiger partial charge is 0.490 e. The van der Waals surface area contributed by atoms with Gasteiger partial charge in [-0.05, 0) is 56.9 Å². The lowest BCUT2D eigenvalue weighted by molar-refractivity contribution is -0.115. The van der Waals surface area contributed by atoms with Gasteiger partial charge in [-0.1, -0.05) is 37.3 Å². The molecule has 1 aliphatic rings. The Morgan fingerprint density at radius 1 is 1.17 bits per heavy atom. The number of carbonyl (C=O) groups is 2. The molecule has 2 aromatic carbocycles. The van der Waals surface area contributed by atoms with Crippen LogP contribution in [0, 0.1) is 5.92 Å². The molecule has 10 nitrogen and oxygen atoms in total. The van der Waals surface area contributed by atoms with E-state index >= 15 is 0 Å². The molecular weight excluding hydrogens is 558 g/mol. The van der Waals surface area contributed by atoms with Gasteiger partial charge in [0.15, 0.2) is 0 Å². The van der Waals surface area contributed by atoms with E-state index in [-0.39, 0.29) is 55.5 Å². The van der Waals surface area contributed by atoms with Crippen molar-refractivity contribution >= 4 is 27.5 Å². The van der Waals surface area contributed by atoms with Crippen LogP contribution in [0.5, 0.6) is 5.75 Å². The van der Waals surface area contributed by atoms with E-state index in [1.54, 1.807) is 30.0 Å². The lowest BCUT2D eigenvalue weighted by Gasteiger charge is -2.35. The Morgan fingerprint density at radius 3 is 2.55 bits per heavy atom. The summed E-state index contributed by atoms with van der Waals surface area (Å²) in [5, 5.41) is 13.0. The van der Waals surface area contributed by atoms with Crippen LogP contribution in [0.3, 0.4) is 0 Å². The van der Waals surface area contributed by atoms with Crippen LogP contribution in [0.25, 0.3) is 0 Å². The van der Waals surface area contributed by atoms with Crippen molar-refractivity contribution in [3.63, 3.8) is 0 Å². The van der Waals surface area contributed by atoms with Crippen molar-refractivity contribution in [1.82, 2.24) is 9.21 Å². The standard InChI is InChI=1S/C31H45N3O7S/c1-22-19-34(23(2)21-35)31(37)27-18-26(32-30(36)17-25-12-7-6-8-13-25)14-15-28(27)41-24(3)11-9-10-16-40-29(22)20-33(4)42(5,38)39/h6-8,12-15,18,22-24,29,35H,9-11,16-17,19-21H2,1-5H3,(H,32,36)/t22-,23-,24+,29+/m1/s1. The zero-order valence-corrected chi connectivity index (χ0v) is 26.1. The fourth-order valence-corrected chi connectivity index (χ4v) is 5.26. The van der Waals surface area contributed by atoms with Gasteiger partial charge in [0.25, 0.3) is 5.91 Å². The van der Waals surface area contributed by atoms with Crippen molar-refractivity contribution in [3.8, 4) is 5.75 Å². The third kappa shape index (κ3) is 9.79. The number of aliphatic hydroxyl groups is 1. The lowest BCUT2D eigenvalue weighted by atomic mass is 10.0. The van der Waals surface area contributed by atoms with Gasteiger partial charge >= 0.3 is 0 Å². The number of anilines is 1. The highest BCUT2D eigenvalue weighted by atomic mass is 32.2. The van der Waals surface area contributed by atoms with Gasteiger partial charge in [-0.2, -0.15) is 0 Å². The topological polar surface area (TPSA) is 125 Å². The number of hydrogen-bond acceptors (Lipinski definition) is 7. The van der Waals surface area contributed by atoms with Crippen LogP contribution in [0.15, 0.2) is 48.5 Å². The molecule has 0 saturated heterocycles. The van der Waals surface area contributed by atoms with Gasteiger partial charge < -0.3 is 24.8 Å². The van der Waals surface area contributed by atoms with Crippen LogP contribution in [-0.2, 0) is 26.0 Å². The number of sulfonamides is 1. The minimum absolute atomic E-state index is 0.142. The summed E-state index contributed by atoms with van der Waals surface area (Å²) >= 11 is 0. The van der Waals surface area contributed by atoms with E-state index in [9.17, 15) is 23.1 Å². The lowest BCUT2D eigenvalue weighted by Crippen LogP contribution is -2.47. The first-order chi connectivity index (χ1) is 19.9. The van der Waals surface area contributed by atoms with Gasteiger partial charge in [0, 0.05) is 38.3 Å². The molecule has 4 atom stereocenters. The van der Waals surface area contributed by atoms with E-state index in [1.165, 1.54) is 11.4 Å². The maximum Gasteiger partial charge on any atom is 0.258 e. The molecule has 1 heterocycles. The number of rotatable bonds is 8. The Balaban J connectivity index is 1.95. The number of aliphatic hydroxyl groups excluding tert-OH is 1. The summed E-state index contributed by atoms with van der Waals surface area (Å²) < 4.78 is 38.0. The highest BCUT2D eigenvalue weighted by molar-refractivity contribution is 7.88. The predicted octanol–water partition coefficient (Wildman–Crippen LogP) is 3.55. The molecule has 0 radical (unpaired) electrons. The molecule has 1 aliphatic heterocycles. The third-order valence-electron chi connectivity index (χ3n) is 7.55. The molecule has 3 rings (SSSR count). The first kappa shape index (κ1) is 33.5. The Hall–Kier alpha value is -2.99. The second-order valence-electron chi connectivity index (χ2n) is 11.3. The normalized spacial score (nSPS) is 21.6. The second kappa shape index (κ2) is 15.5. The van der Waals surface area contributed by atoms with E-state index < -0.39 is 22.2 Å². The average Bonchev–Trinajstić information content (AvgIpc) is 2.94. The van der Waals surface area contributed by atoms with Gasteiger partial charge in [0.05, 0.1) is 43.1 Å². The molecule has 0 fully saturated rings. The molecule has 232 valence electrons. The molecule has 0 aromatic heterocycles. The van der Waals surface area contributed by atoms with Crippen LogP contribution >= 0.6 is 0 Å². The molecule has 2 N–H and O–H groups in total. The molecule has 0 aliphatic carbocycles. The van der Waals surface area contributed by atoms with Crippen molar-refractivity contribution in [2.45, 2.75) is 64.7 Å². The quantitative estimate of drug-likeness (QED) is 0.473. The number of carbonyl (C=O) groups excluding carboxylic acids is 2. The maximum absolute atomic E-state index is 14.2. The zero-order chi connectivity index (χ0) is 30.9. The Morgan fingerprint density at radius 2 is 1.88 bits per heavy atom. The summed E-state index contributed by atoms with van der Waals surface area (Å²) in [5.74, 6) is -0.435. The molecule has 2 amide bonds. The van der Waals surface area contributed by atoms with Gasteiger partial charge in [-0.3, -0.25) is 9.59 Å². The molecule has 0 spiro atoms. The molecular formula is C31H45N3O7S. The van der Waals surface area contributed by atoms with Crippen LogP contribution in [-0.4, -0.2) is 92.4 Å². The summed E-state index contributed by atoms with van der Waals surface area (Å²) in [5.41, 5.74) is 1.60. The van der Waals surface area contributed by atoms with Crippen molar-refractivity contribution in [2.24, 2.45) is 5.92 Å². The molecule has 0 saturated carbocycles. The van der Waals surface area contributed by atoms with Crippen molar-refractivity contribution in [2.75, 3.05) is 44.9 Å². The number of benzene rings is 2. The number of hydrogen-bond donors (Lipinski definition) is 2. The Labute approximate surface area is 250 Å². The number of likely N-dealkylation sites (N-methyl/N-ethyl adjacent to an activating group) is 1. The smallest absolute Gasteiger partial charge is 0.258 e. The van der Waals surface area contributed by atoms with Gasteiger partial charge in [0.1, 0.15) is 5.75 Å². The fraction of sp³-hybridized carbons (Fsp3) is 0.548. The minimum Gasteiger partial charge on any atom is -0.490 e. The van der Waals surface area contributed by atoms with Crippen LogP contribution < -0.4 is 10.1 Å². The molecule has 2 aromatic rings. The Kier molecular flexibility index (Phi) is 12.3. The fourth-order valence-electron chi connectivity index (χ4n) is 4.84. The molecule has 42 heavy (non-hydrogen) atoms. The van der Waals surface area contributed by atoms with E-state index in [0.717, 1.165) is 31.1 Å². The average molecular weight is 604 g/mol. The summed E-state index contributed by atoms with van der Waals surface area (Å²) in [6.07, 6.45) is 3.02. The summed E-state index contributed by atoms with van der Waals surface area (Å²) in [7, 11) is -1.92. The molecule has 0 bridgehead atoms. The van der Waals surface area contributed by atoms with Crippen LogP contribution in [0.2, 0.25) is 0 Å². The zero-order valence-electron chi connectivity index (χ0n) is 25.3. The minimum atomic E-state index is -3.43. The van der Waals surface area contributed by atoms with Crippen LogP contribution in [0.4, 0.5) is 5.69 Å². The third-order valence-corrected chi connectivity index (χ3v) is 8.83. The highest BCUT2D eigenvalue weighted by Gasteiger charge is 2.31. The van der Waals surface area contributed by atoms with Gasteiger partial charge in [-0.15, -0.1) is 0 Å². The van der Waals surface area contributed by atoms with E-state index in [4.69, 9.17) is 9.47 Å². The SMILES string of the molecule is C[C@@H]1CN([C@H](C)CO)C(=O)c2cc(NC(=O)Cc3ccccc3)ccc2O[C@@H](C)CCCCO[C@H]1CN(C)S(C)(=O)=O. The van der Waals surface area contributed by atoms with Gasteiger partial charge in [0.2, 0.25) is 15.9 Å². The first-order valence-corrected chi connectivity index (χ1v) is 16.3. The number of nitrogens with zero attached hydrogens (tertiary/aromatic N) is 2. The van der Waals surface area contributed by atoms with Gasteiger partial charge in [-0.25, -0.2) is 12.7 Å². The van der Waals surface area contributed by atoms with E-state index in [1.807, 2.05) is 44.2 Å². The van der Waals surface area contributed by atoms with E-state index in [0.29, 0.717) is 18.0 Å². The van der Waals surface area contributed by atoms with Crippen molar-refractivity contribution in [3.05, 3.63) is 59.7 Å². The molecule has 0 unspecified atom stereocenters. The highest BCUT2D eigenvalue weighted by Crippen LogP contribution is 2.28. The van der Waals surface area contributed by atoms with E-state index in [2.05, 4.69) is 5.32 Å². The second-order valence-corrected chi connectivity index (χ2v) is 13.4. The number of fused-ring (bicyclic) bond motifs is 1. The summed E-state index contributed by atoms with van der Waals surface area (Å²) in [6.45, 7) is 6.14. The molecule has 11 heteroatoms. The van der Waals surface area contributed by atoms with Crippen LogP contribution in [0.1, 0.15) is 56.0 Å². The summed E-state index contributed by atoms with van der Waals surface area (Å²) in [6, 6.07) is 13.9. The predicted molar refractivity (Wildman–Crippen MR) is 163 cm³/mol. The monoisotopic (exact) mass is 603 g/mol. The first-order valence-electron chi connectivity index (χ1n) is 14.5. The Bertz CT molecular complexity index is 1290. The number of ether oxygens (including phenoxy) is 2. The van der Waals surface area contributed by atoms with Crippen molar-refractivity contribution < 1.29 is 32.6 Å². The summed E-state index contributed by atoms with van der Waals surface area (Å²) in [4.78, 5) is 28.5.